The molecule has 3 heterocycles. The largest absolute Gasteiger partial charge is 0.497 e. The van der Waals surface area contributed by atoms with Gasteiger partial charge in [-0.2, -0.15) is 0 Å². The summed E-state index contributed by atoms with van der Waals surface area (Å²) in [6.07, 6.45) is 0. The molecule has 0 saturated carbocycles. The summed E-state index contributed by atoms with van der Waals surface area (Å²) < 4.78 is 16.6. The molecule has 0 amide bonds. The van der Waals surface area contributed by atoms with Gasteiger partial charge in [0.25, 0.3) is 0 Å². The number of hydrogen-bond acceptors (Lipinski definition) is 7. The maximum absolute atomic E-state index is 12.4. The number of ether oxygens (including phenoxy) is 2. The average Bonchev–Trinajstić information content (AvgIpc) is 2.68. The van der Waals surface area contributed by atoms with Crippen LogP contribution in [-0.4, -0.2) is 69.6 Å². The van der Waals surface area contributed by atoms with Crippen molar-refractivity contribution in [2.75, 3.05) is 64.5 Å². The lowest BCUT2D eigenvalue weighted by Crippen LogP contribution is -2.56. The normalized spacial score (nSPS) is 20.1. The summed E-state index contributed by atoms with van der Waals surface area (Å²) in [5, 5.41) is 5.29. The Hall–Kier alpha value is -2.09. The molecular formula is C18H23N3O4. The van der Waals surface area contributed by atoms with Gasteiger partial charge in [-0.1, -0.05) is 0 Å². The molecule has 0 radical (unpaired) electrons. The summed E-state index contributed by atoms with van der Waals surface area (Å²) in [4.78, 5) is 14.6. The van der Waals surface area contributed by atoms with E-state index in [0.717, 1.165) is 52.5 Å². The van der Waals surface area contributed by atoms with Gasteiger partial charge in [0.05, 0.1) is 25.7 Å². The van der Waals surface area contributed by atoms with Gasteiger partial charge in [0.1, 0.15) is 11.3 Å². The van der Waals surface area contributed by atoms with Crippen LogP contribution in [0.15, 0.2) is 33.5 Å². The molecule has 134 valence electrons. The smallest absolute Gasteiger partial charge is 0.200 e. The highest BCUT2D eigenvalue weighted by Crippen LogP contribution is 2.23. The third-order valence-corrected chi connectivity index (χ3v) is 4.88. The maximum atomic E-state index is 12.4. The number of morpholine rings is 1. The second-order valence-corrected chi connectivity index (χ2v) is 6.32. The van der Waals surface area contributed by atoms with E-state index in [4.69, 9.17) is 13.9 Å². The molecule has 2 saturated heterocycles. The second-order valence-electron chi connectivity index (χ2n) is 6.32. The minimum absolute atomic E-state index is 0.0363. The van der Waals surface area contributed by atoms with Gasteiger partial charge >= 0.3 is 0 Å². The number of fused-ring (bicyclic) bond motifs is 1. The van der Waals surface area contributed by atoms with Crippen molar-refractivity contribution in [3.05, 3.63) is 34.5 Å². The number of hydrogen-bond donors (Lipinski definition) is 0. The molecule has 0 N–H and O–H groups in total. The van der Waals surface area contributed by atoms with E-state index in [1.807, 2.05) is 6.07 Å². The lowest BCUT2D eigenvalue weighted by atomic mass is 10.2. The molecule has 7 nitrogen and oxygen atoms in total. The van der Waals surface area contributed by atoms with Crippen molar-refractivity contribution in [1.82, 2.24) is 10.0 Å². The predicted octanol–water partition coefficient (Wildman–Crippen LogP) is 1.17. The van der Waals surface area contributed by atoms with Crippen molar-refractivity contribution in [2.45, 2.75) is 0 Å². The van der Waals surface area contributed by atoms with Crippen LogP contribution < -0.4 is 15.1 Å². The predicted molar refractivity (Wildman–Crippen MR) is 95.2 cm³/mol. The van der Waals surface area contributed by atoms with Gasteiger partial charge < -0.3 is 18.8 Å². The van der Waals surface area contributed by atoms with E-state index in [-0.39, 0.29) is 5.43 Å². The van der Waals surface area contributed by atoms with E-state index < -0.39 is 0 Å². The highest BCUT2D eigenvalue weighted by atomic mass is 16.5. The first-order chi connectivity index (χ1) is 12.2. The molecular weight excluding hydrogens is 322 g/mol. The summed E-state index contributed by atoms with van der Waals surface area (Å²) in [6.45, 7) is 7.00. The monoisotopic (exact) mass is 345 g/mol. The van der Waals surface area contributed by atoms with Crippen LogP contribution in [0.3, 0.4) is 0 Å². The highest BCUT2D eigenvalue weighted by molar-refractivity contribution is 5.79. The van der Waals surface area contributed by atoms with E-state index in [1.54, 1.807) is 25.3 Å². The number of piperazine rings is 1. The molecule has 2 aromatic rings. The standard InChI is InChI=1S/C18H23N3O4/c1-23-14-2-3-17-15(12-14)16(22)13-18(25-17)19-4-6-20(7-5-19)21-8-10-24-11-9-21/h2-3,12-13H,4-11H2,1H3. The third kappa shape index (κ3) is 3.35. The number of hydrazine groups is 1. The third-order valence-electron chi connectivity index (χ3n) is 4.88. The summed E-state index contributed by atoms with van der Waals surface area (Å²) >= 11 is 0. The molecule has 7 heteroatoms. The first-order valence-electron chi connectivity index (χ1n) is 8.69. The first-order valence-corrected chi connectivity index (χ1v) is 8.69. The van der Waals surface area contributed by atoms with E-state index >= 15 is 0 Å². The fourth-order valence-corrected chi connectivity index (χ4v) is 3.44. The summed E-state index contributed by atoms with van der Waals surface area (Å²) in [5.41, 5.74) is 0.560. The van der Waals surface area contributed by atoms with E-state index in [2.05, 4.69) is 14.9 Å². The molecule has 2 fully saturated rings. The van der Waals surface area contributed by atoms with Crippen molar-refractivity contribution >= 4 is 16.9 Å². The van der Waals surface area contributed by atoms with Crippen LogP contribution in [0.25, 0.3) is 11.0 Å². The molecule has 0 aliphatic carbocycles. The Bertz CT molecular complexity index is 792. The van der Waals surface area contributed by atoms with Crippen LogP contribution in [0.5, 0.6) is 5.75 Å². The zero-order valence-electron chi connectivity index (χ0n) is 14.4. The lowest BCUT2D eigenvalue weighted by Gasteiger charge is -2.42. The molecule has 0 unspecified atom stereocenters. The van der Waals surface area contributed by atoms with Gasteiger partial charge in [0.2, 0.25) is 0 Å². The first kappa shape index (κ1) is 16.4. The van der Waals surface area contributed by atoms with Crippen molar-refractivity contribution in [3.63, 3.8) is 0 Å². The number of rotatable bonds is 3. The number of nitrogens with zero attached hydrogens (tertiary/aromatic N) is 3. The van der Waals surface area contributed by atoms with E-state index in [9.17, 15) is 4.79 Å². The average molecular weight is 345 g/mol. The molecule has 0 atom stereocenters. The maximum Gasteiger partial charge on any atom is 0.200 e. The minimum Gasteiger partial charge on any atom is -0.497 e. The quantitative estimate of drug-likeness (QED) is 0.828. The van der Waals surface area contributed by atoms with Crippen molar-refractivity contribution in [3.8, 4) is 5.75 Å². The molecule has 4 rings (SSSR count). The number of benzene rings is 1. The van der Waals surface area contributed by atoms with E-state index in [0.29, 0.717) is 22.6 Å². The van der Waals surface area contributed by atoms with Gasteiger partial charge in [0.15, 0.2) is 11.3 Å². The Kier molecular flexibility index (Phi) is 4.61. The topological polar surface area (TPSA) is 58.4 Å². The Labute approximate surface area is 146 Å². The molecule has 0 bridgehead atoms. The Balaban J connectivity index is 1.50. The number of methoxy groups -OCH3 is 1. The summed E-state index contributed by atoms with van der Waals surface area (Å²) in [6, 6.07) is 6.92. The molecule has 25 heavy (non-hydrogen) atoms. The summed E-state index contributed by atoms with van der Waals surface area (Å²) in [7, 11) is 1.59. The van der Waals surface area contributed by atoms with Crippen LogP contribution in [-0.2, 0) is 4.74 Å². The summed E-state index contributed by atoms with van der Waals surface area (Å²) in [5.74, 6) is 1.30. The van der Waals surface area contributed by atoms with Gasteiger partial charge in [0, 0.05) is 45.3 Å². The molecule has 0 spiro atoms. The zero-order valence-corrected chi connectivity index (χ0v) is 14.4. The van der Waals surface area contributed by atoms with Crippen molar-refractivity contribution in [1.29, 1.82) is 0 Å². The molecule has 2 aliphatic rings. The van der Waals surface area contributed by atoms with Gasteiger partial charge in [-0.3, -0.25) is 4.79 Å². The highest BCUT2D eigenvalue weighted by Gasteiger charge is 2.25. The fraction of sp³-hybridized carbons (Fsp3) is 0.500. The Morgan fingerprint density at radius 3 is 2.40 bits per heavy atom. The Morgan fingerprint density at radius 2 is 1.68 bits per heavy atom. The van der Waals surface area contributed by atoms with Crippen molar-refractivity contribution < 1.29 is 13.9 Å². The van der Waals surface area contributed by atoms with Crippen LogP contribution in [0.4, 0.5) is 5.88 Å². The lowest BCUT2D eigenvalue weighted by molar-refractivity contribution is -0.0922. The van der Waals surface area contributed by atoms with E-state index in [1.165, 1.54) is 0 Å². The van der Waals surface area contributed by atoms with Gasteiger partial charge in [-0.15, -0.1) is 0 Å². The fourth-order valence-electron chi connectivity index (χ4n) is 3.44. The SMILES string of the molecule is COc1ccc2oc(N3CCN(N4CCOCC4)CC3)cc(=O)c2c1. The van der Waals surface area contributed by atoms with Crippen LogP contribution in [0.2, 0.25) is 0 Å². The van der Waals surface area contributed by atoms with Crippen LogP contribution in [0.1, 0.15) is 0 Å². The Morgan fingerprint density at radius 1 is 0.960 bits per heavy atom. The molecule has 2 aliphatic heterocycles. The minimum atomic E-state index is -0.0363. The number of anilines is 1. The van der Waals surface area contributed by atoms with Gasteiger partial charge in [-0.05, 0) is 18.2 Å². The van der Waals surface area contributed by atoms with Gasteiger partial charge in [-0.25, -0.2) is 10.0 Å². The molecule has 1 aromatic heterocycles. The second kappa shape index (κ2) is 7.03. The van der Waals surface area contributed by atoms with Crippen LogP contribution in [0, 0.1) is 0 Å². The van der Waals surface area contributed by atoms with Crippen molar-refractivity contribution in [2.24, 2.45) is 0 Å². The van der Waals surface area contributed by atoms with Crippen LogP contribution >= 0.6 is 0 Å². The molecule has 1 aromatic carbocycles. The zero-order chi connectivity index (χ0) is 17.2.